The molecule has 4 aromatic rings. The van der Waals surface area contributed by atoms with E-state index in [1.807, 2.05) is 23.1 Å². The molecule has 2 aromatic heterocycles. The first-order valence-electron chi connectivity index (χ1n) is 9.80. The van der Waals surface area contributed by atoms with E-state index in [1.54, 1.807) is 4.68 Å². The van der Waals surface area contributed by atoms with Crippen molar-refractivity contribution in [2.75, 3.05) is 17.2 Å². The van der Waals surface area contributed by atoms with Crippen molar-refractivity contribution in [1.29, 1.82) is 0 Å². The Kier molecular flexibility index (Phi) is 4.92. The smallest absolute Gasteiger partial charge is 0.237 e. The first kappa shape index (κ1) is 18.7. The molecule has 0 saturated heterocycles. The Morgan fingerprint density at radius 2 is 1.93 bits per heavy atom. The minimum Gasteiger partial charge on any atom is -0.311 e. The van der Waals surface area contributed by atoms with Crippen molar-refractivity contribution in [3.8, 4) is 0 Å². The van der Waals surface area contributed by atoms with Crippen LogP contribution in [0, 0.1) is 6.92 Å². The molecule has 0 aliphatic carbocycles. The number of carbonyl (C=O) groups is 1. The van der Waals surface area contributed by atoms with E-state index >= 15 is 0 Å². The number of rotatable bonds is 5. The summed E-state index contributed by atoms with van der Waals surface area (Å²) in [4.78, 5) is 23.4. The first-order valence-corrected chi connectivity index (χ1v) is 10.8. The molecule has 0 N–H and O–H groups in total. The van der Waals surface area contributed by atoms with Crippen LogP contribution in [0.2, 0.25) is 0 Å². The van der Waals surface area contributed by atoms with Crippen LogP contribution in [0.25, 0.3) is 11.2 Å². The molecular formula is C22H20N6OS. The largest absolute Gasteiger partial charge is 0.311 e. The Labute approximate surface area is 178 Å². The van der Waals surface area contributed by atoms with Crippen LogP contribution in [0.15, 0.2) is 59.9 Å². The summed E-state index contributed by atoms with van der Waals surface area (Å²) in [7, 11) is 0. The lowest BCUT2D eigenvalue weighted by Crippen LogP contribution is -2.30. The minimum atomic E-state index is 0.0729. The number of amides is 1. The molecule has 0 radical (unpaired) electrons. The molecule has 8 heteroatoms. The van der Waals surface area contributed by atoms with E-state index in [4.69, 9.17) is 0 Å². The molecule has 3 heterocycles. The highest BCUT2D eigenvalue weighted by Gasteiger charge is 2.24. The van der Waals surface area contributed by atoms with Gasteiger partial charge in [-0.3, -0.25) is 4.79 Å². The average molecular weight is 417 g/mol. The van der Waals surface area contributed by atoms with Gasteiger partial charge in [-0.1, -0.05) is 65.0 Å². The number of aromatic nitrogens is 5. The second-order valence-electron chi connectivity index (χ2n) is 7.30. The second-order valence-corrected chi connectivity index (χ2v) is 8.26. The zero-order valence-electron chi connectivity index (χ0n) is 16.5. The van der Waals surface area contributed by atoms with Crippen LogP contribution < -0.4 is 4.90 Å². The van der Waals surface area contributed by atoms with Crippen molar-refractivity contribution in [1.82, 2.24) is 25.0 Å². The summed E-state index contributed by atoms with van der Waals surface area (Å²) in [5.41, 5.74) is 5.88. The Hall–Kier alpha value is -3.26. The lowest BCUT2D eigenvalue weighted by Gasteiger charge is -2.16. The van der Waals surface area contributed by atoms with Crippen LogP contribution in [-0.2, 0) is 17.8 Å². The maximum absolute atomic E-state index is 12.8. The number of hydrogen-bond acceptors (Lipinski definition) is 6. The molecule has 0 bridgehead atoms. The van der Waals surface area contributed by atoms with Crippen molar-refractivity contribution in [2.45, 2.75) is 24.9 Å². The lowest BCUT2D eigenvalue weighted by molar-refractivity contribution is -0.116. The van der Waals surface area contributed by atoms with E-state index in [1.165, 1.54) is 29.2 Å². The summed E-state index contributed by atoms with van der Waals surface area (Å²) in [5.74, 6) is 0.370. The Bertz CT molecular complexity index is 1220. The standard InChI is InChI=1S/C22H20N6OS/c1-15-6-8-16(9-7-15)12-28-21-20(25-26-28)22(24-14-23-21)30-13-19(29)27-11-10-17-4-2-3-5-18(17)27/h2-9,14H,10-13H2,1H3. The number of benzene rings is 2. The van der Waals surface area contributed by atoms with Crippen molar-refractivity contribution in [3.63, 3.8) is 0 Å². The first-order chi connectivity index (χ1) is 14.7. The highest BCUT2D eigenvalue weighted by Crippen LogP contribution is 2.29. The number of thioether (sulfide) groups is 1. The van der Waals surface area contributed by atoms with Crippen molar-refractivity contribution < 1.29 is 4.79 Å². The summed E-state index contributed by atoms with van der Waals surface area (Å²) in [6.45, 7) is 3.37. The molecule has 0 spiro atoms. The summed E-state index contributed by atoms with van der Waals surface area (Å²) < 4.78 is 1.77. The Morgan fingerprint density at radius 1 is 1.10 bits per heavy atom. The normalized spacial score (nSPS) is 13.0. The van der Waals surface area contributed by atoms with Crippen molar-refractivity contribution in [3.05, 3.63) is 71.5 Å². The summed E-state index contributed by atoms with van der Waals surface area (Å²) >= 11 is 1.38. The van der Waals surface area contributed by atoms with Gasteiger partial charge in [0.25, 0.3) is 0 Å². The van der Waals surface area contributed by atoms with Gasteiger partial charge >= 0.3 is 0 Å². The Morgan fingerprint density at radius 3 is 2.80 bits per heavy atom. The summed E-state index contributed by atoms with van der Waals surface area (Å²) in [6, 6.07) is 16.4. The fourth-order valence-electron chi connectivity index (χ4n) is 3.66. The van der Waals surface area contributed by atoms with Gasteiger partial charge < -0.3 is 4.90 Å². The van der Waals surface area contributed by atoms with E-state index in [2.05, 4.69) is 57.5 Å². The number of hydrogen-bond donors (Lipinski definition) is 0. The van der Waals surface area contributed by atoms with Crippen molar-refractivity contribution >= 4 is 34.5 Å². The van der Waals surface area contributed by atoms with Crippen molar-refractivity contribution in [2.24, 2.45) is 0 Å². The monoisotopic (exact) mass is 416 g/mol. The molecule has 0 atom stereocenters. The number of aryl methyl sites for hydroxylation is 1. The molecule has 0 unspecified atom stereocenters. The molecule has 2 aromatic carbocycles. The number of fused-ring (bicyclic) bond motifs is 2. The van der Waals surface area contributed by atoms with Crippen LogP contribution in [-0.4, -0.2) is 43.2 Å². The van der Waals surface area contributed by atoms with E-state index in [0.29, 0.717) is 28.5 Å². The van der Waals surface area contributed by atoms with Gasteiger partial charge in [0.05, 0.1) is 12.3 Å². The Balaban J connectivity index is 1.32. The highest BCUT2D eigenvalue weighted by molar-refractivity contribution is 8.00. The predicted octanol–water partition coefficient (Wildman–Crippen LogP) is 3.26. The molecule has 30 heavy (non-hydrogen) atoms. The van der Waals surface area contributed by atoms with E-state index in [9.17, 15) is 4.79 Å². The number of para-hydroxylation sites is 1. The molecule has 7 nitrogen and oxygen atoms in total. The van der Waals surface area contributed by atoms with Gasteiger partial charge in [-0.2, -0.15) is 0 Å². The van der Waals surface area contributed by atoms with Crippen LogP contribution in [0.5, 0.6) is 0 Å². The van der Waals surface area contributed by atoms with Gasteiger partial charge in [0, 0.05) is 12.2 Å². The SMILES string of the molecule is Cc1ccc(Cn2nnc3c(SCC(=O)N4CCc5ccccc54)ncnc32)cc1. The van der Waals surface area contributed by atoms with Gasteiger partial charge in [-0.15, -0.1) is 5.10 Å². The minimum absolute atomic E-state index is 0.0729. The van der Waals surface area contributed by atoms with Gasteiger partial charge in [0.1, 0.15) is 11.4 Å². The van der Waals surface area contributed by atoms with Gasteiger partial charge in [0.2, 0.25) is 5.91 Å². The van der Waals surface area contributed by atoms with E-state index in [-0.39, 0.29) is 5.91 Å². The van der Waals surface area contributed by atoms with Crippen LogP contribution in [0.1, 0.15) is 16.7 Å². The summed E-state index contributed by atoms with van der Waals surface area (Å²) in [6.07, 6.45) is 2.41. The van der Waals surface area contributed by atoms with Crippen LogP contribution in [0.4, 0.5) is 5.69 Å². The van der Waals surface area contributed by atoms with Gasteiger partial charge in [0.15, 0.2) is 11.2 Å². The third-order valence-electron chi connectivity index (χ3n) is 5.24. The van der Waals surface area contributed by atoms with Crippen LogP contribution >= 0.6 is 11.8 Å². The average Bonchev–Trinajstić information content (AvgIpc) is 3.38. The number of anilines is 1. The third-order valence-corrected chi connectivity index (χ3v) is 6.20. The summed E-state index contributed by atoms with van der Waals surface area (Å²) in [5, 5.41) is 9.23. The second kappa shape index (κ2) is 7.87. The molecule has 0 fully saturated rings. The van der Waals surface area contributed by atoms with E-state index < -0.39 is 0 Å². The quantitative estimate of drug-likeness (QED) is 0.367. The molecular weight excluding hydrogens is 396 g/mol. The maximum atomic E-state index is 12.8. The predicted molar refractivity (Wildman–Crippen MR) is 117 cm³/mol. The number of carbonyl (C=O) groups excluding carboxylic acids is 1. The topological polar surface area (TPSA) is 76.8 Å². The molecule has 0 saturated carbocycles. The fraction of sp³-hybridized carbons (Fsp3) is 0.227. The molecule has 5 rings (SSSR count). The lowest BCUT2D eigenvalue weighted by atomic mass is 10.1. The highest BCUT2D eigenvalue weighted by atomic mass is 32.2. The fourth-order valence-corrected chi connectivity index (χ4v) is 4.46. The zero-order valence-corrected chi connectivity index (χ0v) is 17.3. The number of nitrogens with zero attached hydrogens (tertiary/aromatic N) is 6. The van der Waals surface area contributed by atoms with Gasteiger partial charge in [-0.25, -0.2) is 14.6 Å². The van der Waals surface area contributed by atoms with Gasteiger partial charge in [-0.05, 0) is 30.5 Å². The zero-order chi connectivity index (χ0) is 20.5. The third kappa shape index (κ3) is 3.54. The molecule has 1 aliphatic heterocycles. The van der Waals surface area contributed by atoms with Crippen LogP contribution in [0.3, 0.4) is 0 Å². The molecule has 150 valence electrons. The molecule has 1 amide bonds. The molecule has 1 aliphatic rings. The van der Waals surface area contributed by atoms with E-state index in [0.717, 1.165) is 24.2 Å². The maximum Gasteiger partial charge on any atom is 0.237 e.